The molecule has 0 bridgehead atoms. The molecular weight excluding hydrogens is 228 g/mol. The second-order valence-electron chi connectivity index (χ2n) is 4.91. The minimum absolute atomic E-state index is 0.0209. The van der Waals surface area contributed by atoms with Crippen molar-refractivity contribution in [3.05, 3.63) is 24.0 Å². The summed E-state index contributed by atoms with van der Waals surface area (Å²) in [6.07, 6.45) is 2.79. The van der Waals surface area contributed by atoms with Gasteiger partial charge in [-0.05, 0) is 19.2 Å². The highest BCUT2D eigenvalue weighted by Crippen LogP contribution is 2.05. The number of amides is 1. The molecule has 1 aliphatic rings. The van der Waals surface area contributed by atoms with Crippen LogP contribution in [0.2, 0.25) is 0 Å². The molecule has 5 nitrogen and oxygen atoms in total. The van der Waals surface area contributed by atoms with Crippen molar-refractivity contribution < 1.29 is 4.79 Å². The van der Waals surface area contributed by atoms with Gasteiger partial charge < -0.3 is 15.2 Å². The Hall–Kier alpha value is -1.33. The summed E-state index contributed by atoms with van der Waals surface area (Å²) in [5.41, 5.74) is 1.17. The SMILES string of the molecule is CN(CCc1ccc[nH]1)C(=O)C1CNCCN1C. The van der Waals surface area contributed by atoms with E-state index in [1.54, 1.807) is 0 Å². The molecule has 1 fully saturated rings. The topological polar surface area (TPSA) is 51.4 Å². The molecular formula is C13H22N4O. The fourth-order valence-corrected chi connectivity index (χ4v) is 2.26. The van der Waals surface area contributed by atoms with Gasteiger partial charge in [0.05, 0.1) is 0 Å². The predicted octanol–water partition coefficient (Wildman–Crippen LogP) is -0.0808. The van der Waals surface area contributed by atoms with Crippen LogP contribution in [0.5, 0.6) is 0 Å². The summed E-state index contributed by atoms with van der Waals surface area (Å²) in [5, 5.41) is 3.28. The van der Waals surface area contributed by atoms with Gasteiger partial charge in [0.15, 0.2) is 0 Å². The Balaban J connectivity index is 1.84. The summed E-state index contributed by atoms with van der Waals surface area (Å²) in [5.74, 6) is 0.205. The van der Waals surface area contributed by atoms with Crippen molar-refractivity contribution >= 4 is 5.91 Å². The number of aromatic amines is 1. The zero-order chi connectivity index (χ0) is 13.0. The first-order chi connectivity index (χ1) is 8.68. The number of likely N-dealkylation sites (N-methyl/N-ethyl adjacent to an activating group) is 2. The first-order valence-electron chi connectivity index (χ1n) is 6.46. The Morgan fingerprint density at radius 3 is 3.11 bits per heavy atom. The summed E-state index contributed by atoms with van der Waals surface area (Å²) in [7, 11) is 3.90. The van der Waals surface area contributed by atoms with Gasteiger partial charge in [-0.25, -0.2) is 0 Å². The number of rotatable bonds is 4. The van der Waals surface area contributed by atoms with Gasteiger partial charge in [0.25, 0.3) is 0 Å². The first-order valence-corrected chi connectivity index (χ1v) is 6.46. The summed E-state index contributed by atoms with van der Waals surface area (Å²) in [6, 6.07) is 4.01. The molecule has 0 aliphatic carbocycles. The van der Waals surface area contributed by atoms with Crippen molar-refractivity contribution in [1.82, 2.24) is 20.1 Å². The molecule has 1 atom stereocenters. The quantitative estimate of drug-likeness (QED) is 0.786. The van der Waals surface area contributed by atoms with Crippen LogP contribution in [-0.2, 0) is 11.2 Å². The standard InChI is InChI=1S/C13H22N4O/c1-16-9-7-14-10-12(16)13(18)17(2)8-5-11-4-3-6-15-11/h3-4,6,12,14-15H,5,7-10H2,1-2H3. The van der Waals surface area contributed by atoms with Crippen molar-refractivity contribution in [3.63, 3.8) is 0 Å². The lowest BCUT2D eigenvalue weighted by molar-refractivity contribution is -0.135. The molecule has 1 aliphatic heterocycles. The normalized spacial score (nSPS) is 20.9. The molecule has 1 aromatic rings. The van der Waals surface area contributed by atoms with Crippen LogP contribution >= 0.6 is 0 Å². The number of H-pyrrole nitrogens is 1. The molecule has 1 saturated heterocycles. The maximum atomic E-state index is 12.3. The Labute approximate surface area is 108 Å². The van der Waals surface area contributed by atoms with Gasteiger partial charge in [0.1, 0.15) is 6.04 Å². The molecule has 0 aromatic carbocycles. The summed E-state index contributed by atoms with van der Waals surface area (Å²) >= 11 is 0. The summed E-state index contributed by atoms with van der Waals surface area (Å²) in [4.78, 5) is 19.4. The highest BCUT2D eigenvalue weighted by atomic mass is 16.2. The molecule has 100 valence electrons. The van der Waals surface area contributed by atoms with Crippen LogP contribution in [0, 0.1) is 0 Å². The lowest BCUT2D eigenvalue weighted by atomic mass is 10.1. The largest absolute Gasteiger partial charge is 0.365 e. The van der Waals surface area contributed by atoms with Crippen LogP contribution in [0.3, 0.4) is 0 Å². The van der Waals surface area contributed by atoms with Gasteiger partial charge in [-0.2, -0.15) is 0 Å². The molecule has 2 N–H and O–H groups in total. The second-order valence-corrected chi connectivity index (χ2v) is 4.91. The lowest BCUT2D eigenvalue weighted by Crippen LogP contribution is -2.56. The van der Waals surface area contributed by atoms with Crippen LogP contribution < -0.4 is 5.32 Å². The number of nitrogens with zero attached hydrogens (tertiary/aromatic N) is 2. The van der Waals surface area contributed by atoms with Crippen molar-refractivity contribution in [2.75, 3.05) is 40.3 Å². The molecule has 1 amide bonds. The molecule has 5 heteroatoms. The van der Waals surface area contributed by atoms with E-state index < -0.39 is 0 Å². The van der Waals surface area contributed by atoms with Gasteiger partial charge >= 0.3 is 0 Å². The van der Waals surface area contributed by atoms with Gasteiger partial charge in [-0.1, -0.05) is 0 Å². The van der Waals surface area contributed by atoms with E-state index in [4.69, 9.17) is 0 Å². The number of nitrogens with one attached hydrogen (secondary N) is 2. The van der Waals surface area contributed by atoms with Crippen LogP contribution in [0.4, 0.5) is 0 Å². The molecule has 0 spiro atoms. The van der Waals surface area contributed by atoms with Gasteiger partial charge in [-0.15, -0.1) is 0 Å². The highest BCUT2D eigenvalue weighted by molar-refractivity contribution is 5.82. The molecule has 2 rings (SSSR count). The van der Waals surface area contributed by atoms with E-state index >= 15 is 0 Å². The molecule has 18 heavy (non-hydrogen) atoms. The second kappa shape index (κ2) is 6.02. The zero-order valence-electron chi connectivity index (χ0n) is 11.1. The van der Waals surface area contributed by atoms with E-state index in [-0.39, 0.29) is 11.9 Å². The fraction of sp³-hybridized carbons (Fsp3) is 0.615. The Kier molecular flexibility index (Phi) is 4.38. The summed E-state index contributed by atoms with van der Waals surface area (Å²) in [6.45, 7) is 3.40. The maximum Gasteiger partial charge on any atom is 0.240 e. The monoisotopic (exact) mass is 250 g/mol. The Bertz CT molecular complexity index is 376. The number of carbonyl (C=O) groups excluding carboxylic acids is 1. The van der Waals surface area contributed by atoms with Gasteiger partial charge in [0.2, 0.25) is 5.91 Å². The van der Waals surface area contributed by atoms with Crippen LogP contribution in [0.25, 0.3) is 0 Å². The van der Waals surface area contributed by atoms with Crippen LogP contribution in [0.15, 0.2) is 18.3 Å². The fourth-order valence-electron chi connectivity index (χ4n) is 2.26. The van der Waals surface area contributed by atoms with Crippen molar-refractivity contribution in [2.45, 2.75) is 12.5 Å². The molecule has 1 unspecified atom stereocenters. The Morgan fingerprint density at radius 1 is 1.61 bits per heavy atom. The average molecular weight is 250 g/mol. The average Bonchev–Trinajstić information content (AvgIpc) is 2.89. The number of carbonyl (C=O) groups is 1. The minimum Gasteiger partial charge on any atom is -0.365 e. The van der Waals surface area contributed by atoms with Gasteiger partial charge in [0, 0.05) is 51.5 Å². The Morgan fingerprint density at radius 2 is 2.44 bits per heavy atom. The van der Waals surface area contributed by atoms with Gasteiger partial charge in [-0.3, -0.25) is 9.69 Å². The number of hydrogen-bond donors (Lipinski definition) is 2. The lowest BCUT2D eigenvalue weighted by Gasteiger charge is -2.34. The van der Waals surface area contributed by atoms with E-state index in [1.165, 1.54) is 5.69 Å². The van der Waals surface area contributed by atoms with Crippen LogP contribution in [0.1, 0.15) is 5.69 Å². The van der Waals surface area contributed by atoms with Crippen molar-refractivity contribution in [2.24, 2.45) is 0 Å². The summed E-state index contributed by atoms with van der Waals surface area (Å²) < 4.78 is 0. The van der Waals surface area contributed by atoms with Crippen LogP contribution in [-0.4, -0.2) is 67.0 Å². The third kappa shape index (κ3) is 3.11. The first kappa shape index (κ1) is 13.1. The smallest absolute Gasteiger partial charge is 0.240 e. The number of piperazine rings is 1. The van der Waals surface area contributed by atoms with E-state index in [9.17, 15) is 4.79 Å². The van der Waals surface area contributed by atoms with Crippen molar-refractivity contribution in [3.8, 4) is 0 Å². The van der Waals surface area contributed by atoms with Crippen molar-refractivity contribution in [1.29, 1.82) is 0 Å². The zero-order valence-corrected chi connectivity index (χ0v) is 11.1. The number of aromatic nitrogens is 1. The molecule has 2 heterocycles. The van der Waals surface area contributed by atoms with E-state index in [2.05, 4.69) is 15.2 Å². The third-order valence-corrected chi connectivity index (χ3v) is 3.55. The van der Waals surface area contributed by atoms with E-state index in [0.29, 0.717) is 0 Å². The third-order valence-electron chi connectivity index (χ3n) is 3.55. The molecule has 0 radical (unpaired) electrons. The predicted molar refractivity (Wildman–Crippen MR) is 71.4 cm³/mol. The molecule has 0 saturated carbocycles. The number of hydrogen-bond acceptors (Lipinski definition) is 3. The van der Waals surface area contributed by atoms with E-state index in [0.717, 1.165) is 32.6 Å². The highest BCUT2D eigenvalue weighted by Gasteiger charge is 2.27. The molecule has 1 aromatic heterocycles. The maximum absolute atomic E-state index is 12.3. The minimum atomic E-state index is -0.0209. The van der Waals surface area contributed by atoms with E-state index in [1.807, 2.05) is 37.3 Å².